The monoisotopic (exact) mass is 315 g/mol. The molecule has 0 fully saturated rings. The summed E-state index contributed by atoms with van der Waals surface area (Å²) in [5.41, 5.74) is 1.96. The molecule has 0 atom stereocenters. The number of nitrogens with one attached hydrogen (secondary N) is 1. The summed E-state index contributed by atoms with van der Waals surface area (Å²) in [6.45, 7) is 2.42. The summed E-state index contributed by atoms with van der Waals surface area (Å²) in [4.78, 5) is 12.1. The molecule has 2 aromatic rings. The molecule has 5 nitrogen and oxygen atoms in total. The molecule has 0 bridgehead atoms. The molecule has 1 aromatic heterocycles. The highest BCUT2D eigenvalue weighted by atomic mass is 16.5. The van der Waals surface area contributed by atoms with Gasteiger partial charge in [-0.25, -0.2) is 0 Å². The first kappa shape index (κ1) is 16.8. The number of hydrogen-bond donors (Lipinski definition) is 1. The summed E-state index contributed by atoms with van der Waals surface area (Å²) in [7, 11) is 3.14. The maximum absolute atomic E-state index is 12.1. The number of aryl methyl sites for hydroxylation is 1. The zero-order valence-corrected chi connectivity index (χ0v) is 13.8. The number of anilines is 1. The number of carbonyl (C=O) groups excluding carboxylic acids is 1. The molecule has 0 aliphatic heterocycles. The predicted octanol–water partition coefficient (Wildman–Crippen LogP) is 2.58. The van der Waals surface area contributed by atoms with E-state index in [1.807, 2.05) is 29.1 Å². The summed E-state index contributed by atoms with van der Waals surface area (Å²) in [6.07, 6.45) is 6.03. The summed E-state index contributed by atoms with van der Waals surface area (Å²) in [6, 6.07) is 9.39. The fourth-order valence-corrected chi connectivity index (χ4v) is 2.33. The summed E-state index contributed by atoms with van der Waals surface area (Å²) in [5, 5.41) is 2.86. The zero-order chi connectivity index (χ0) is 16.7. The quantitative estimate of drug-likeness (QED) is 0.799. The van der Waals surface area contributed by atoms with Crippen LogP contribution in [0.2, 0.25) is 0 Å². The summed E-state index contributed by atoms with van der Waals surface area (Å²) in [5.74, 6) is 1.12. The van der Waals surface area contributed by atoms with Crippen molar-refractivity contribution in [3.8, 4) is 11.5 Å². The minimum Gasteiger partial charge on any atom is -0.493 e. The highest BCUT2D eigenvalue weighted by molar-refractivity contribution is 5.90. The second-order valence-electron chi connectivity index (χ2n) is 5.25. The molecule has 0 radical (unpaired) electrons. The van der Waals surface area contributed by atoms with Gasteiger partial charge in [-0.3, -0.25) is 4.79 Å². The van der Waals surface area contributed by atoms with Gasteiger partial charge in [0.25, 0.3) is 5.91 Å². The second kappa shape index (κ2) is 8.17. The van der Waals surface area contributed by atoms with Crippen molar-refractivity contribution >= 4 is 11.6 Å². The molecule has 1 heterocycles. The molecule has 1 aromatic carbocycles. The van der Waals surface area contributed by atoms with Crippen molar-refractivity contribution in [1.29, 1.82) is 0 Å². The van der Waals surface area contributed by atoms with Crippen LogP contribution >= 0.6 is 0 Å². The molecule has 0 spiro atoms. The Labute approximate surface area is 136 Å². The number of amides is 1. The average molecular weight is 315 g/mol. The number of hydrogen-bond acceptors (Lipinski definition) is 3. The Balaban J connectivity index is 1.99. The summed E-state index contributed by atoms with van der Waals surface area (Å²) < 4.78 is 12.3. The molecule has 0 saturated heterocycles. The third-order valence-electron chi connectivity index (χ3n) is 3.49. The molecule has 5 heteroatoms. The van der Waals surface area contributed by atoms with Crippen molar-refractivity contribution in [2.75, 3.05) is 19.5 Å². The van der Waals surface area contributed by atoms with Crippen molar-refractivity contribution in [3.05, 3.63) is 48.3 Å². The lowest BCUT2D eigenvalue weighted by atomic mass is 10.2. The van der Waals surface area contributed by atoms with E-state index < -0.39 is 0 Å². The molecule has 0 unspecified atom stereocenters. The van der Waals surface area contributed by atoms with Crippen LogP contribution in [0.3, 0.4) is 0 Å². The van der Waals surface area contributed by atoms with E-state index in [2.05, 4.69) is 12.2 Å². The molecule has 1 amide bonds. The normalized spacial score (nSPS) is 10.2. The van der Waals surface area contributed by atoms with Gasteiger partial charge in [0.05, 0.1) is 14.2 Å². The molecular formula is C18H23N2O3+. The fourth-order valence-electron chi connectivity index (χ4n) is 2.33. The first-order valence-electron chi connectivity index (χ1n) is 7.66. The van der Waals surface area contributed by atoms with Gasteiger partial charge in [0.2, 0.25) is 6.54 Å². The molecule has 2 rings (SSSR count). The number of benzene rings is 1. The van der Waals surface area contributed by atoms with Crippen molar-refractivity contribution in [1.82, 2.24) is 0 Å². The lowest BCUT2D eigenvalue weighted by Crippen LogP contribution is -2.39. The highest BCUT2D eigenvalue weighted by Crippen LogP contribution is 2.29. The van der Waals surface area contributed by atoms with Gasteiger partial charge in [-0.15, -0.1) is 0 Å². The fraction of sp³-hybridized carbons (Fsp3) is 0.333. The van der Waals surface area contributed by atoms with Gasteiger partial charge < -0.3 is 14.8 Å². The SMILES string of the molecule is CCCc1cc[n+](CC(=O)Nc2ccc(OC)c(OC)c2)cc1. The number of pyridine rings is 1. The smallest absolute Gasteiger partial charge is 0.290 e. The maximum atomic E-state index is 12.1. The Bertz CT molecular complexity index is 654. The molecular weight excluding hydrogens is 292 g/mol. The van der Waals surface area contributed by atoms with Gasteiger partial charge in [-0.05, 0) is 24.1 Å². The molecule has 122 valence electrons. The number of rotatable bonds is 7. The van der Waals surface area contributed by atoms with Gasteiger partial charge in [-0.2, -0.15) is 4.57 Å². The number of aromatic nitrogens is 1. The van der Waals surface area contributed by atoms with Gasteiger partial charge in [-0.1, -0.05) is 13.3 Å². The van der Waals surface area contributed by atoms with E-state index in [4.69, 9.17) is 9.47 Å². The second-order valence-corrected chi connectivity index (χ2v) is 5.25. The van der Waals surface area contributed by atoms with Crippen LogP contribution in [0.1, 0.15) is 18.9 Å². The van der Waals surface area contributed by atoms with Crippen molar-refractivity contribution in [2.24, 2.45) is 0 Å². The number of carbonyl (C=O) groups is 1. The van der Waals surface area contributed by atoms with Gasteiger partial charge in [0, 0.05) is 23.9 Å². The van der Waals surface area contributed by atoms with Gasteiger partial charge >= 0.3 is 0 Å². The Hall–Kier alpha value is -2.56. The third-order valence-corrected chi connectivity index (χ3v) is 3.49. The molecule has 23 heavy (non-hydrogen) atoms. The lowest BCUT2D eigenvalue weighted by molar-refractivity contribution is -0.684. The minimum atomic E-state index is -0.0922. The predicted molar refractivity (Wildman–Crippen MR) is 88.8 cm³/mol. The first-order chi connectivity index (χ1) is 11.2. The van der Waals surface area contributed by atoms with Crippen LogP contribution in [0.5, 0.6) is 11.5 Å². The van der Waals surface area contributed by atoms with Gasteiger partial charge in [0.1, 0.15) is 0 Å². The van der Waals surface area contributed by atoms with Crippen LogP contribution in [0.25, 0.3) is 0 Å². The Morgan fingerprint density at radius 2 is 1.78 bits per heavy atom. The highest BCUT2D eigenvalue weighted by Gasteiger charge is 2.11. The standard InChI is InChI=1S/C18H22N2O3/c1-4-5-14-8-10-20(11-9-14)13-18(21)19-15-6-7-16(22-2)17(12-15)23-3/h6-12H,4-5,13H2,1-3H3/p+1. The van der Waals surface area contributed by atoms with Crippen LogP contribution in [-0.2, 0) is 17.8 Å². The topological polar surface area (TPSA) is 51.4 Å². The van der Waals surface area contributed by atoms with Crippen LogP contribution in [0.15, 0.2) is 42.7 Å². The first-order valence-corrected chi connectivity index (χ1v) is 7.66. The number of ether oxygens (including phenoxy) is 2. The third kappa shape index (κ3) is 4.71. The average Bonchev–Trinajstić information content (AvgIpc) is 2.56. The van der Waals surface area contributed by atoms with E-state index in [-0.39, 0.29) is 12.5 Å². The van der Waals surface area contributed by atoms with Crippen molar-refractivity contribution in [3.63, 3.8) is 0 Å². The zero-order valence-electron chi connectivity index (χ0n) is 13.8. The largest absolute Gasteiger partial charge is 0.493 e. The Morgan fingerprint density at radius 1 is 1.09 bits per heavy atom. The van der Waals surface area contributed by atoms with E-state index in [1.54, 1.807) is 32.4 Å². The van der Waals surface area contributed by atoms with E-state index in [0.717, 1.165) is 12.8 Å². The van der Waals surface area contributed by atoms with Crippen molar-refractivity contribution in [2.45, 2.75) is 26.3 Å². The minimum absolute atomic E-state index is 0.0922. The molecule has 0 aliphatic carbocycles. The van der Waals surface area contributed by atoms with E-state index >= 15 is 0 Å². The molecule has 1 N–H and O–H groups in total. The summed E-state index contributed by atoms with van der Waals surface area (Å²) >= 11 is 0. The van der Waals surface area contributed by atoms with Crippen LogP contribution in [0, 0.1) is 0 Å². The van der Waals surface area contributed by atoms with E-state index in [0.29, 0.717) is 17.2 Å². The van der Waals surface area contributed by atoms with Crippen LogP contribution in [-0.4, -0.2) is 20.1 Å². The molecule has 0 saturated carbocycles. The van der Waals surface area contributed by atoms with Crippen LogP contribution < -0.4 is 19.4 Å². The lowest BCUT2D eigenvalue weighted by Gasteiger charge is -2.09. The number of methoxy groups -OCH3 is 2. The van der Waals surface area contributed by atoms with E-state index in [1.165, 1.54) is 5.56 Å². The van der Waals surface area contributed by atoms with E-state index in [9.17, 15) is 4.79 Å². The van der Waals surface area contributed by atoms with Gasteiger partial charge in [0.15, 0.2) is 23.9 Å². The maximum Gasteiger partial charge on any atom is 0.290 e. The Morgan fingerprint density at radius 3 is 2.39 bits per heavy atom. The van der Waals surface area contributed by atoms with Crippen molar-refractivity contribution < 1.29 is 18.8 Å². The number of nitrogens with zero attached hydrogens (tertiary/aromatic N) is 1. The molecule has 0 aliphatic rings. The van der Waals surface area contributed by atoms with Crippen LogP contribution in [0.4, 0.5) is 5.69 Å². The Kier molecular flexibility index (Phi) is 5.97.